The third-order valence-electron chi connectivity index (χ3n) is 12.0. The molecule has 2 heterocycles. The van der Waals surface area contributed by atoms with Crippen molar-refractivity contribution in [2.24, 2.45) is 10.4 Å². The third-order valence-corrected chi connectivity index (χ3v) is 12.0. The summed E-state index contributed by atoms with van der Waals surface area (Å²) in [5.74, 6) is -6.68. The molecule has 2 aliphatic heterocycles. The Balaban J connectivity index is 1.91. The number of benzene rings is 2. The minimum Gasteiger partial charge on any atom is -0.463 e. The molecule has 12 atom stereocenters. The summed E-state index contributed by atoms with van der Waals surface area (Å²) in [6.07, 6.45) is -7.13. The zero-order chi connectivity index (χ0) is 57.5. The minimum absolute atomic E-state index is 0.423. The van der Waals surface area contributed by atoms with Crippen LogP contribution in [-0.4, -0.2) is 147 Å². The van der Waals surface area contributed by atoms with Crippen molar-refractivity contribution in [3.05, 3.63) is 83.9 Å². The van der Waals surface area contributed by atoms with Crippen molar-refractivity contribution in [2.75, 3.05) is 19.8 Å². The molecule has 2 fully saturated rings. The summed E-state index contributed by atoms with van der Waals surface area (Å²) in [7, 11) is 0. The van der Waals surface area contributed by atoms with E-state index >= 15 is 0 Å². The number of hydrogen-bond donors (Lipinski definition) is 0. The van der Waals surface area contributed by atoms with Gasteiger partial charge in [-0.1, -0.05) is 106 Å². The van der Waals surface area contributed by atoms with Gasteiger partial charge in [0.1, 0.15) is 43.7 Å². The van der Waals surface area contributed by atoms with Crippen molar-refractivity contribution in [2.45, 2.75) is 195 Å². The molecular weight excluding hydrogens is 1020 g/mol. The Hall–Kier alpha value is -6.55. The second-order valence-corrected chi connectivity index (χ2v) is 19.9. The Kier molecular flexibility index (Phi) is 26.0. The molecule has 0 N–H and O–H groups in total. The van der Waals surface area contributed by atoms with E-state index in [0.29, 0.717) is 12.1 Å². The Labute approximate surface area is 456 Å². The summed E-state index contributed by atoms with van der Waals surface area (Å²) in [5.41, 5.74) is 0.990. The topological polar surface area (TPSA) is 260 Å². The Bertz CT molecular complexity index is 2310. The van der Waals surface area contributed by atoms with Crippen molar-refractivity contribution in [1.82, 2.24) is 0 Å². The van der Waals surface area contributed by atoms with E-state index in [1.54, 1.807) is 26.8 Å². The largest absolute Gasteiger partial charge is 0.463 e. The maximum absolute atomic E-state index is 13.9. The molecule has 0 amide bonds. The average Bonchev–Trinajstić information content (AvgIpc) is 3.39. The standard InChI is InChI=1S/C57H77NO20/c1-12-13-14-15-16-17-18-25-30-44(77-56(66)57(9,10)11)43(58-47(41-26-21-19-22-27-41)42-28-23-20-24-29-42)31-69-54-52(73-39(7)64)51(72-38(6)63)49(46(75-54)33-68-35(3)60)78-55-53(74-40(8)65)50(71-37(5)62)48(70-36(4)61)45(76-55)32-67-34(2)59/h19-30,43-46,48-55H,12-18,31-33H2,1-11H3/b30-25+/t43-,44-,45+,46+,48-,49+,50-,51-,52+,53+,54+,55-/m0/s1. The number of rotatable bonds is 27. The van der Waals surface area contributed by atoms with Crippen LogP contribution in [0, 0.1) is 5.41 Å². The maximum Gasteiger partial charge on any atom is 0.311 e. The fourth-order valence-electron chi connectivity index (χ4n) is 8.50. The van der Waals surface area contributed by atoms with Gasteiger partial charge in [0.25, 0.3) is 0 Å². The molecule has 4 rings (SSSR count). The summed E-state index contributed by atoms with van der Waals surface area (Å²) in [6.45, 7) is 13.1. The van der Waals surface area contributed by atoms with Gasteiger partial charge in [0, 0.05) is 59.6 Å². The van der Waals surface area contributed by atoms with Gasteiger partial charge in [-0.25, -0.2) is 0 Å². The highest BCUT2D eigenvalue weighted by molar-refractivity contribution is 6.13. The van der Waals surface area contributed by atoms with Crippen LogP contribution in [0.15, 0.2) is 77.8 Å². The molecule has 0 spiro atoms. The molecule has 0 unspecified atom stereocenters. The molecule has 0 radical (unpaired) electrons. The number of unbranched alkanes of at least 4 members (excludes halogenated alkanes) is 6. The van der Waals surface area contributed by atoms with Crippen molar-refractivity contribution in [3.8, 4) is 0 Å². The second-order valence-electron chi connectivity index (χ2n) is 19.9. The van der Waals surface area contributed by atoms with E-state index in [1.807, 2.05) is 66.7 Å². The number of ether oxygens (including phenoxy) is 12. The highest BCUT2D eigenvalue weighted by Crippen LogP contribution is 2.36. The first-order chi connectivity index (χ1) is 37.0. The van der Waals surface area contributed by atoms with Gasteiger partial charge < -0.3 is 56.8 Å². The molecule has 430 valence electrons. The van der Waals surface area contributed by atoms with Crippen LogP contribution in [0.4, 0.5) is 0 Å². The minimum atomic E-state index is -1.89. The number of esters is 8. The van der Waals surface area contributed by atoms with Crippen molar-refractivity contribution in [3.63, 3.8) is 0 Å². The number of carbonyl (C=O) groups excluding carboxylic acids is 8. The van der Waals surface area contributed by atoms with Crippen LogP contribution in [0.5, 0.6) is 0 Å². The first-order valence-electron chi connectivity index (χ1n) is 26.3. The van der Waals surface area contributed by atoms with Crippen molar-refractivity contribution in [1.29, 1.82) is 0 Å². The smallest absolute Gasteiger partial charge is 0.311 e. The van der Waals surface area contributed by atoms with Crippen LogP contribution in [0.1, 0.15) is 132 Å². The third kappa shape index (κ3) is 21.0. The van der Waals surface area contributed by atoms with E-state index in [2.05, 4.69) is 6.92 Å². The fraction of sp³-hybridized carbons (Fsp3) is 0.596. The summed E-state index contributed by atoms with van der Waals surface area (Å²) in [4.78, 5) is 108. The van der Waals surface area contributed by atoms with E-state index in [1.165, 1.54) is 0 Å². The van der Waals surface area contributed by atoms with E-state index in [9.17, 15) is 38.4 Å². The van der Waals surface area contributed by atoms with E-state index < -0.39 is 147 Å². The normalized spacial score (nSPS) is 23.8. The van der Waals surface area contributed by atoms with Gasteiger partial charge in [0.2, 0.25) is 0 Å². The summed E-state index contributed by atoms with van der Waals surface area (Å²) in [6, 6.07) is 17.6. The summed E-state index contributed by atoms with van der Waals surface area (Å²) in [5, 5.41) is 0. The molecule has 2 aliphatic rings. The van der Waals surface area contributed by atoms with Crippen LogP contribution in [0.25, 0.3) is 0 Å². The maximum atomic E-state index is 13.9. The molecule has 21 heteroatoms. The highest BCUT2D eigenvalue weighted by atomic mass is 16.8. The number of carbonyl (C=O) groups is 8. The van der Waals surface area contributed by atoms with Crippen LogP contribution >= 0.6 is 0 Å². The monoisotopic (exact) mass is 1100 g/mol. The lowest BCUT2D eigenvalue weighted by atomic mass is 9.96. The lowest BCUT2D eigenvalue weighted by molar-refractivity contribution is -0.361. The van der Waals surface area contributed by atoms with Gasteiger partial charge in [-0.05, 0) is 39.7 Å². The van der Waals surface area contributed by atoms with Gasteiger partial charge in [0.15, 0.2) is 43.1 Å². The zero-order valence-corrected chi connectivity index (χ0v) is 46.5. The summed E-state index contributed by atoms with van der Waals surface area (Å²) >= 11 is 0. The molecule has 0 aliphatic carbocycles. The lowest BCUT2D eigenvalue weighted by Gasteiger charge is -2.48. The van der Waals surface area contributed by atoms with Crippen molar-refractivity contribution < 1.29 is 95.2 Å². The summed E-state index contributed by atoms with van der Waals surface area (Å²) < 4.78 is 71.5. The van der Waals surface area contributed by atoms with Crippen molar-refractivity contribution >= 4 is 53.5 Å². The molecule has 0 bridgehead atoms. The number of nitrogens with zero attached hydrogens (tertiary/aromatic N) is 1. The van der Waals surface area contributed by atoms with Crippen LogP contribution in [0.2, 0.25) is 0 Å². The molecular formula is C57H77NO20. The van der Waals surface area contributed by atoms with Gasteiger partial charge in [-0.3, -0.25) is 43.3 Å². The zero-order valence-electron chi connectivity index (χ0n) is 46.5. The van der Waals surface area contributed by atoms with E-state index in [-0.39, 0.29) is 0 Å². The highest BCUT2D eigenvalue weighted by Gasteiger charge is 2.58. The average molecular weight is 1100 g/mol. The number of hydrogen-bond acceptors (Lipinski definition) is 21. The molecule has 2 aromatic rings. The van der Waals surface area contributed by atoms with Crippen LogP contribution < -0.4 is 0 Å². The fourth-order valence-corrected chi connectivity index (χ4v) is 8.50. The van der Waals surface area contributed by atoms with Gasteiger partial charge in [0.05, 0.1) is 17.7 Å². The van der Waals surface area contributed by atoms with E-state index in [0.717, 1.165) is 98.1 Å². The second kappa shape index (κ2) is 31.8. The Morgan fingerprint density at radius 3 is 1.47 bits per heavy atom. The van der Waals surface area contributed by atoms with Gasteiger partial charge >= 0.3 is 47.8 Å². The molecule has 2 saturated heterocycles. The lowest BCUT2D eigenvalue weighted by Crippen LogP contribution is -2.67. The van der Waals surface area contributed by atoms with Crippen LogP contribution in [-0.2, 0) is 95.2 Å². The van der Waals surface area contributed by atoms with Gasteiger partial charge in [-0.2, -0.15) is 0 Å². The molecule has 2 aromatic carbocycles. The van der Waals surface area contributed by atoms with E-state index in [4.69, 9.17) is 61.8 Å². The Morgan fingerprint density at radius 1 is 0.551 bits per heavy atom. The number of aliphatic imine (C=N–C) groups is 1. The predicted octanol–water partition coefficient (Wildman–Crippen LogP) is 6.79. The predicted molar refractivity (Wildman–Crippen MR) is 278 cm³/mol. The quantitative estimate of drug-likeness (QED) is 0.0293. The molecule has 0 aromatic heterocycles. The Morgan fingerprint density at radius 2 is 0.987 bits per heavy atom. The molecule has 78 heavy (non-hydrogen) atoms. The van der Waals surface area contributed by atoms with Crippen LogP contribution in [0.3, 0.4) is 0 Å². The number of allylic oxidation sites excluding steroid dienone is 1. The first-order valence-corrected chi connectivity index (χ1v) is 26.3. The van der Waals surface area contributed by atoms with Gasteiger partial charge in [-0.15, -0.1) is 0 Å². The SMILES string of the molecule is CCCCCCCC/C=C/[C@H](OC(=O)C(C)(C)C)[C@H](CO[C@@H]1O[C@H](COC(C)=O)[C@@H](O[C@@H]2O[C@H](COC(C)=O)[C@H](OC(C)=O)[C@H](OC(C)=O)[C@H]2OC(C)=O)[C@H](OC(C)=O)[C@H]1OC(C)=O)N=C(c1ccccc1)c1ccccc1. The molecule has 0 saturated carbocycles. The molecule has 21 nitrogen and oxygen atoms in total. The first kappa shape index (κ1) is 64.0.